The number of rotatable bonds is 4. The van der Waals surface area contributed by atoms with Gasteiger partial charge in [0.1, 0.15) is 10.6 Å². The number of hydrogen-bond acceptors (Lipinski definition) is 7. The second-order valence-electron chi connectivity index (χ2n) is 7.09. The molecule has 0 bridgehead atoms. The summed E-state index contributed by atoms with van der Waals surface area (Å²) < 4.78 is 43.5. The Bertz CT molecular complexity index is 1570. The molecular weight excluding hydrogens is 507 g/mol. The molecule has 0 aliphatic carbocycles. The summed E-state index contributed by atoms with van der Waals surface area (Å²) >= 11 is 12.5. The minimum absolute atomic E-state index is 0.0736. The lowest BCUT2D eigenvalue weighted by atomic mass is 10.1. The number of ether oxygens (including phenoxy) is 2. The van der Waals surface area contributed by atoms with E-state index in [2.05, 4.69) is 4.98 Å². The number of fused-ring (bicyclic) bond motifs is 3. The van der Waals surface area contributed by atoms with Gasteiger partial charge < -0.3 is 19.4 Å². The smallest absolute Gasteiger partial charge is 0.355 e. The molecule has 3 aromatic rings. The first-order valence-corrected chi connectivity index (χ1v) is 11.7. The van der Waals surface area contributed by atoms with E-state index in [0.717, 1.165) is 13.2 Å². The largest absolute Gasteiger partial charge is 0.465 e. The molecule has 12 heteroatoms. The van der Waals surface area contributed by atoms with E-state index in [0.29, 0.717) is 16.3 Å². The summed E-state index contributed by atoms with van der Waals surface area (Å²) in [5.41, 5.74) is 0.487. The number of H-pyrrole nitrogens is 1. The molecule has 0 amide bonds. The van der Waals surface area contributed by atoms with E-state index in [-0.39, 0.29) is 32.5 Å². The Morgan fingerprint density at radius 3 is 2.18 bits per heavy atom. The molecule has 176 valence electrons. The number of carbonyl (C=O) groups is 2. The summed E-state index contributed by atoms with van der Waals surface area (Å²) in [5, 5.41) is 1.14. The zero-order valence-electron chi connectivity index (χ0n) is 17.6. The molecule has 34 heavy (non-hydrogen) atoms. The average molecular weight is 523 g/mol. The van der Waals surface area contributed by atoms with Crippen LogP contribution in [0.15, 0.2) is 64.9 Å². The second kappa shape index (κ2) is 8.80. The standard InChI is InChI=1S/C22H16Cl2N2O7S/c1-32-21(27)13-5-3-4-6-26(20(13)22(28)33-2)16-9-11(23)7-14-15-8-12(24)10-17(34(29,30)31)19(15)25-18(14)16/h3-10,25H,1-2H3,(H,29,30,31). The molecule has 1 aliphatic rings. The molecule has 0 radical (unpaired) electrons. The van der Waals surface area contributed by atoms with Crippen LogP contribution in [0.25, 0.3) is 21.8 Å². The molecule has 0 atom stereocenters. The predicted molar refractivity (Wildman–Crippen MR) is 127 cm³/mol. The van der Waals surface area contributed by atoms with Gasteiger partial charge in [0.15, 0.2) is 0 Å². The number of benzene rings is 2. The molecule has 0 fully saturated rings. The first-order chi connectivity index (χ1) is 16.1. The molecule has 1 aromatic heterocycles. The highest BCUT2D eigenvalue weighted by Gasteiger charge is 2.29. The van der Waals surface area contributed by atoms with Gasteiger partial charge in [-0.3, -0.25) is 4.55 Å². The van der Waals surface area contributed by atoms with Crippen molar-refractivity contribution in [1.82, 2.24) is 4.98 Å². The van der Waals surface area contributed by atoms with Gasteiger partial charge in [-0.2, -0.15) is 8.42 Å². The van der Waals surface area contributed by atoms with Gasteiger partial charge in [0.2, 0.25) is 0 Å². The summed E-state index contributed by atoms with van der Waals surface area (Å²) in [6.45, 7) is 0. The van der Waals surface area contributed by atoms with Gasteiger partial charge in [-0.15, -0.1) is 0 Å². The van der Waals surface area contributed by atoms with Gasteiger partial charge in [-0.25, -0.2) is 9.59 Å². The van der Waals surface area contributed by atoms with Gasteiger partial charge in [-0.1, -0.05) is 29.3 Å². The van der Waals surface area contributed by atoms with Crippen LogP contribution in [-0.2, 0) is 29.2 Å². The number of esters is 2. The van der Waals surface area contributed by atoms with Crippen LogP contribution >= 0.6 is 23.2 Å². The van der Waals surface area contributed by atoms with Crippen LogP contribution in [0.5, 0.6) is 0 Å². The fraction of sp³-hybridized carbons (Fsp3) is 0.0909. The van der Waals surface area contributed by atoms with Crippen LogP contribution in [0.3, 0.4) is 0 Å². The number of aromatic amines is 1. The summed E-state index contributed by atoms with van der Waals surface area (Å²) in [5.74, 6) is -1.61. The highest BCUT2D eigenvalue weighted by atomic mass is 35.5. The van der Waals surface area contributed by atoms with Crippen molar-refractivity contribution in [2.45, 2.75) is 4.90 Å². The van der Waals surface area contributed by atoms with E-state index < -0.39 is 27.0 Å². The summed E-state index contributed by atoms with van der Waals surface area (Å²) in [6.07, 6.45) is 6.02. The average Bonchev–Trinajstić information content (AvgIpc) is 2.99. The van der Waals surface area contributed by atoms with Crippen LogP contribution in [0.4, 0.5) is 5.69 Å². The SMILES string of the molecule is COC(=O)C1=C(C(=O)OC)N(c2cc(Cl)cc3c2[nH]c2c(S(=O)(=O)O)cc(Cl)cc23)C=CC=C1. The number of hydrogen-bond donors (Lipinski definition) is 2. The van der Waals surface area contributed by atoms with Crippen molar-refractivity contribution in [2.75, 3.05) is 19.1 Å². The van der Waals surface area contributed by atoms with Gasteiger partial charge in [-0.05, 0) is 36.4 Å². The van der Waals surface area contributed by atoms with Gasteiger partial charge in [0.05, 0.1) is 36.5 Å². The van der Waals surface area contributed by atoms with Crippen molar-refractivity contribution >= 4 is 72.8 Å². The van der Waals surface area contributed by atoms with Crippen LogP contribution in [0.1, 0.15) is 0 Å². The molecule has 0 spiro atoms. The van der Waals surface area contributed by atoms with E-state index >= 15 is 0 Å². The van der Waals surface area contributed by atoms with E-state index in [4.69, 9.17) is 32.7 Å². The summed E-state index contributed by atoms with van der Waals surface area (Å²) in [6, 6.07) is 5.72. The maximum Gasteiger partial charge on any atom is 0.355 e. The minimum atomic E-state index is -4.64. The Kier molecular flexibility index (Phi) is 6.17. The third-order valence-electron chi connectivity index (χ3n) is 5.12. The van der Waals surface area contributed by atoms with Crippen LogP contribution in [0.2, 0.25) is 10.0 Å². The van der Waals surface area contributed by atoms with E-state index in [9.17, 15) is 22.6 Å². The lowest BCUT2D eigenvalue weighted by Crippen LogP contribution is -2.27. The molecule has 4 rings (SSSR count). The molecule has 0 saturated heterocycles. The Labute approximate surface area is 203 Å². The minimum Gasteiger partial charge on any atom is -0.465 e. The van der Waals surface area contributed by atoms with Crippen LogP contribution in [-0.4, -0.2) is 44.1 Å². The molecule has 0 saturated carbocycles. The zero-order valence-corrected chi connectivity index (χ0v) is 20.0. The van der Waals surface area contributed by atoms with Crippen molar-refractivity contribution in [1.29, 1.82) is 0 Å². The van der Waals surface area contributed by atoms with Crippen molar-refractivity contribution in [3.8, 4) is 0 Å². The summed E-state index contributed by atoms with van der Waals surface area (Å²) in [4.78, 5) is 29.2. The van der Waals surface area contributed by atoms with Gasteiger partial charge in [0.25, 0.3) is 10.1 Å². The Morgan fingerprint density at radius 2 is 1.56 bits per heavy atom. The normalized spacial score (nSPS) is 14.1. The van der Waals surface area contributed by atoms with E-state index in [1.54, 1.807) is 18.2 Å². The topological polar surface area (TPSA) is 126 Å². The van der Waals surface area contributed by atoms with Crippen LogP contribution in [0, 0.1) is 0 Å². The first-order valence-electron chi connectivity index (χ1n) is 9.53. The second-order valence-corrected chi connectivity index (χ2v) is 9.35. The molecule has 9 nitrogen and oxygen atoms in total. The third-order valence-corrected chi connectivity index (χ3v) is 6.43. The number of nitrogens with one attached hydrogen (secondary N) is 1. The van der Waals surface area contributed by atoms with Crippen molar-refractivity contribution in [3.63, 3.8) is 0 Å². The van der Waals surface area contributed by atoms with E-state index in [1.807, 2.05) is 0 Å². The summed E-state index contributed by atoms with van der Waals surface area (Å²) in [7, 11) is -2.29. The number of halogens is 2. The van der Waals surface area contributed by atoms with Crippen molar-refractivity contribution < 1.29 is 32.0 Å². The maximum atomic E-state index is 12.8. The zero-order chi connectivity index (χ0) is 24.8. The lowest BCUT2D eigenvalue weighted by Gasteiger charge is -2.24. The Balaban J connectivity index is 2.12. The van der Waals surface area contributed by atoms with Gasteiger partial charge >= 0.3 is 11.9 Å². The fourth-order valence-corrected chi connectivity index (χ4v) is 4.92. The lowest BCUT2D eigenvalue weighted by molar-refractivity contribution is -0.139. The highest BCUT2D eigenvalue weighted by Crippen LogP contribution is 2.40. The molecule has 1 aliphatic heterocycles. The number of allylic oxidation sites excluding steroid dienone is 2. The number of nitrogens with zero attached hydrogens (tertiary/aromatic N) is 1. The third kappa shape index (κ3) is 4.05. The maximum absolute atomic E-state index is 12.8. The molecular formula is C22H16Cl2N2O7S. The highest BCUT2D eigenvalue weighted by molar-refractivity contribution is 7.86. The van der Waals surface area contributed by atoms with Crippen molar-refractivity contribution in [2.24, 2.45) is 0 Å². The molecule has 2 heterocycles. The Hall–Kier alpha value is -3.31. The Morgan fingerprint density at radius 1 is 0.941 bits per heavy atom. The van der Waals surface area contributed by atoms with Crippen molar-refractivity contribution in [3.05, 3.63) is 70.0 Å². The number of aromatic nitrogens is 1. The van der Waals surface area contributed by atoms with Gasteiger partial charge in [0, 0.05) is 27.0 Å². The number of carbonyl (C=O) groups excluding carboxylic acids is 2. The first kappa shape index (κ1) is 23.8. The number of methoxy groups -OCH3 is 2. The number of anilines is 1. The van der Waals surface area contributed by atoms with Crippen LogP contribution < -0.4 is 4.90 Å². The quantitative estimate of drug-likeness (QED) is 0.382. The molecule has 2 aromatic carbocycles. The fourth-order valence-electron chi connectivity index (χ4n) is 3.73. The van der Waals surface area contributed by atoms with E-state index in [1.165, 1.54) is 36.4 Å². The molecule has 2 N–H and O–H groups in total. The molecule has 0 unspecified atom stereocenters. The monoisotopic (exact) mass is 522 g/mol. The predicted octanol–water partition coefficient (Wildman–Crippen LogP) is 4.36.